The molecule has 0 aliphatic heterocycles. The van der Waals surface area contributed by atoms with E-state index in [2.05, 4.69) is 133 Å². The lowest BCUT2D eigenvalue weighted by atomic mass is 9.83. The lowest BCUT2D eigenvalue weighted by Gasteiger charge is -2.20. The van der Waals surface area contributed by atoms with Gasteiger partial charge in [-0.2, -0.15) is 0 Å². The zero-order chi connectivity index (χ0) is 25.8. The molecule has 0 spiro atoms. The molecule has 1 heteroatoms. The normalized spacial score (nSPS) is 15.9. The minimum atomic E-state index is 0.400. The van der Waals surface area contributed by atoms with E-state index < -0.39 is 0 Å². The minimum Gasteiger partial charge on any atom is -0.256 e. The van der Waals surface area contributed by atoms with E-state index in [-0.39, 0.29) is 0 Å². The molecule has 0 amide bonds. The number of aromatic nitrogens is 1. The lowest BCUT2D eigenvalue weighted by Crippen LogP contribution is -1.99. The quantitative estimate of drug-likeness (QED) is 0.222. The highest BCUT2D eigenvalue weighted by Gasteiger charge is 2.35. The van der Waals surface area contributed by atoms with Crippen LogP contribution < -0.4 is 0 Å². The third-order valence-electron chi connectivity index (χ3n) is 8.08. The van der Waals surface area contributed by atoms with Crippen LogP contribution in [0.3, 0.4) is 0 Å². The Balaban J connectivity index is 1.33. The number of rotatable bonds is 4. The Labute approximate surface area is 228 Å². The first-order valence-electron chi connectivity index (χ1n) is 13.5. The van der Waals surface area contributed by atoms with Crippen LogP contribution in [0, 0.1) is 5.92 Å². The molecule has 0 radical (unpaired) electrons. The van der Waals surface area contributed by atoms with Crippen LogP contribution in [0.25, 0.3) is 55.1 Å². The van der Waals surface area contributed by atoms with Crippen molar-refractivity contribution >= 4 is 32.7 Å². The highest BCUT2D eigenvalue weighted by Crippen LogP contribution is 2.53. The molecule has 5 aromatic carbocycles. The summed E-state index contributed by atoms with van der Waals surface area (Å²) in [7, 11) is 0. The summed E-state index contributed by atoms with van der Waals surface area (Å²) in [6, 6.07) is 43.2. The summed E-state index contributed by atoms with van der Waals surface area (Å²) >= 11 is 0. The fourth-order valence-corrected chi connectivity index (χ4v) is 6.19. The van der Waals surface area contributed by atoms with Gasteiger partial charge < -0.3 is 0 Å². The van der Waals surface area contributed by atoms with E-state index in [4.69, 9.17) is 4.98 Å². The number of pyridine rings is 1. The van der Waals surface area contributed by atoms with Gasteiger partial charge in [-0.15, -0.1) is 0 Å². The van der Waals surface area contributed by atoms with Gasteiger partial charge in [0.25, 0.3) is 0 Å². The SMILES string of the molecule is C1=C(c2c3ccccc3c(-c3ccc(-c4ccccc4)cn3)c3ccccc23)C2=CC2C(c2ccccc2)=C1. The number of nitrogens with zero attached hydrogens (tertiary/aromatic N) is 1. The first-order valence-corrected chi connectivity index (χ1v) is 13.5. The van der Waals surface area contributed by atoms with Gasteiger partial charge in [-0.1, -0.05) is 133 Å². The molecule has 1 aromatic heterocycles. The van der Waals surface area contributed by atoms with E-state index in [9.17, 15) is 0 Å². The van der Waals surface area contributed by atoms with Crippen molar-refractivity contribution in [3.63, 3.8) is 0 Å². The molecule has 2 aliphatic carbocycles. The topological polar surface area (TPSA) is 12.9 Å². The molecule has 0 saturated carbocycles. The molecular formula is C38H25N. The molecular weight excluding hydrogens is 470 g/mol. The molecule has 182 valence electrons. The zero-order valence-electron chi connectivity index (χ0n) is 21.4. The van der Waals surface area contributed by atoms with E-state index in [1.165, 1.54) is 60.5 Å². The molecule has 1 atom stereocenters. The summed E-state index contributed by atoms with van der Waals surface area (Å²) in [6.45, 7) is 0. The summed E-state index contributed by atoms with van der Waals surface area (Å²) in [4.78, 5) is 5.00. The second kappa shape index (κ2) is 8.79. The Bertz CT molecular complexity index is 1920. The molecule has 1 heterocycles. The lowest BCUT2D eigenvalue weighted by molar-refractivity contribution is 1.22. The molecule has 8 rings (SSSR count). The van der Waals surface area contributed by atoms with Gasteiger partial charge in [0.05, 0.1) is 5.69 Å². The number of fused-ring (bicyclic) bond motifs is 3. The largest absolute Gasteiger partial charge is 0.256 e. The van der Waals surface area contributed by atoms with Crippen LogP contribution in [-0.4, -0.2) is 4.98 Å². The first-order chi connectivity index (χ1) is 19.4. The van der Waals surface area contributed by atoms with Crippen LogP contribution in [0.4, 0.5) is 0 Å². The summed E-state index contributed by atoms with van der Waals surface area (Å²) in [6.07, 6.45) is 9.07. The van der Waals surface area contributed by atoms with Crippen molar-refractivity contribution in [2.75, 3.05) is 0 Å². The van der Waals surface area contributed by atoms with Crippen LogP contribution in [-0.2, 0) is 0 Å². The fraction of sp³-hybridized carbons (Fsp3) is 0.0263. The monoisotopic (exact) mass is 495 g/mol. The Morgan fingerprint density at radius 2 is 1.00 bits per heavy atom. The zero-order valence-corrected chi connectivity index (χ0v) is 21.4. The third kappa shape index (κ3) is 3.59. The Morgan fingerprint density at radius 3 is 1.59 bits per heavy atom. The van der Waals surface area contributed by atoms with Crippen molar-refractivity contribution in [2.24, 2.45) is 5.92 Å². The van der Waals surface area contributed by atoms with Crippen molar-refractivity contribution in [1.82, 2.24) is 4.98 Å². The van der Waals surface area contributed by atoms with E-state index in [1.54, 1.807) is 0 Å². The van der Waals surface area contributed by atoms with E-state index >= 15 is 0 Å². The number of benzene rings is 5. The minimum absolute atomic E-state index is 0.400. The predicted octanol–water partition coefficient (Wildman–Crippen LogP) is 9.76. The van der Waals surface area contributed by atoms with E-state index in [0.717, 1.165) is 11.3 Å². The molecule has 0 fully saturated rings. The maximum Gasteiger partial charge on any atom is 0.0714 e. The highest BCUT2D eigenvalue weighted by molar-refractivity contribution is 6.20. The molecule has 0 N–H and O–H groups in total. The van der Waals surface area contributed by atoms with Crippen LogP contribution >= 0.6 is 0 Å². The van der Waals surface area contributed by atoms with Crippen molar-refractivity contribution in [2.45, 2.75) is 0 Å². The van der Waals surface area contributed by atoms with Crippen LogP contribution in [0.15, 0.2) is 151 Å². The van der Waals surface area contributed by atoms with Crippen molar-refractivity contribution in [1.29, 1.82) is 0 Å². The fourth-order valence-electron chi connectivity index (χ4n) is 6.19. The third-order valence-corrected chi connectivity index (χ3v) is 8.08. The van der Waals surface area contributed by atoms with Crippen LogP contribution in [0.2, 0.25) is 0 Å². The smallest absolute Gasteiger partial charge is 0.0714 e. The maximum absolute atomic E-state index is 5.00. The molecule has 0 saturated heterocycles. The Morgan fingerprint density at radius 1 is 0.436 bits per heavy atom. The number of hydrogen-bond donors (Lipinski definition) is 0. The number of allylic oxidation sites excluding steroid dienone is 6. The average molecular weight is 496 g/mol. The predicted molar refractivity (Wildman–Crippen MR) is 164 cm³/mol. The maximum atomic E-state index is 5.00. The summed E-state index contributed by atoms with van der Waals surface area (Å²) in [5.74, 6) is 0.400. The van der Waals surface area contributed by atoms with Gasteiger partial charge in [-0.05, 0) is 61.0 Å². The Kier molecular flexibility index (Phi) is 4.96. The second-order valence-corrected chi connectivity index (χ2v) is 10.3. The molecule has 1 nitrogen and oxygen atoms in total. The van der Waals surface area contributed by atoms with Crippen LogP contribution in [0.5, 0.6) is 0 Å². The van der Waals surface area contributed by atoms with Gasteiger partial charge in [-0.3, -0.25) is 4.98 Å². The first kappa shape index (κ1) is 22.0. The molecule has 2 aliphatic rings. The van der Waals surface area contributed by atoms with Gasteiger partial charge in [0.2, 0.25) is 0 Å². The molecule has 39 heavy (non-hydrogen) atoms. The van der Waals surface area contributed by atoms with Gasteiger partial charge in [-0.25, -0.2) is 0 Å². The summed E-state index contributed by atoms with van der Waals surface area (Å²) < 4.78 is 0. The van der Waals surface area contributed by atoms with Gasteiger partial charge >= 0.3 is 0 Å². The molecule has 0 bridgehead atoms. The van der Waals surface area contributed by atoms with Gasteiger partial charge in [0.1, 0.15) is 0 Å². The van der Waals surface area contributed by atoms with Gasteiger partial charge in [0, 0.05) is 23.2 Å². The standard InChI is InChI=1S/C38H25N/c1-3-11-25(12-4-1)27-19-22-36(39-24-27)38-31-17-9-7-15-29(31)37(30-16-8-10-18-32(30)38)33-21-20-28(34-23-35(33)34)26-13-5-2-6-14-26/h1-24,34H. The van der Waals surface area contributed by atoms with Crippen molar-refractivity contribution < 1.29 is 0 Å². The van der Waals surface area contributed by atoms with Crippen molar-refractivity contribution in [3.05, 3.63) is 162 Å². The summed E-state index contributed by atoms with van der Waals surface area (Å²) in [5, 5.41) is 5.02. The molecule has 1 unspecified atom stereocenters. The summed E-state index contributed by atoms with van der Waals surface area (Å²) in [5.41, 5.74) is 11.3. The number of hydrogen-bond acceptors (Lipinski definition) is 1. The Hall–Kier alpha value is -5.01. The highest BCUT2D eigenvalue weighted by atomic mass is 14.7. The molecule has 6 aromatic rings. The van der Waals surface area contributed by atoms with Crippen LogP contribution in [0.1, 0.15) is 11.1 Å². The van der Waals surface area contributed by atoms with E-state index in [0.29, 0.717) is 5.92 Å². The van der Waals surface area contributed by atoms with E-state index in [1.807, 2.05) is 12.3 Å². The van der Waals surface area contributed by atoms with Crippen molar-refractivity contribution in [3.8, 4) is 22.4 Å². The average Bonchev–Trinajstić information content (AvgIpc) is 3.82. The second-order valence-electron chi connectivity index (χ2n) is 10.3. The van der Waals surface area contributed by atoms with Gasteiger partial charge in [0.15, 0.2) is 0 Å².